The van der Waals surface area contributed by atoms with Gasteiger partial charge >= 0.3 is 0 Å². The van der Waals surface area contributed by atoms with Crippen LogP contribution in [0.1, 0.15) is 24.8 Å². The van der Waals surface area contributed by atoms with Gasteiger partial charge in [0.15, 0.2) is 11.5 Å². The van der Waals surface area contributed by atoms with Gasteiger partial charge in [0.1, 0.15) is 5.75 Å². The number of aromatic hydroxyl groups is 1. The Labute approximate surface area is 190 Å². The number of phenolic OH excluding ortho intramolecular Hbond substituents is 1. The van der Waals surface area contributed by atoms with Crippen molar-refractivity contribution in [3.05, 3.63) is 58.6 Å². The first-order chi connectivity index (χ1) is 15.4. The first-order valence-corrected chi connectivity index (χ1v) is 10.9. The summed E-state index contributed by atoms with van der Waals surface area (Å²) < 4.78 is 10.5. The van der Waals surface area contributed by atoms with E-state index in [1.54, 1.807) is 50.4 Å². The third-order valence-corrected chi connectivity index (χ3v) is 5.78. The number of nitriles is 1. The first kappa shape index (κ1) is 23.0. The highest BCUT2D eigenvalue weighted by atomic mass is 32.2. The maximum atomic E-state index is 12.4. The van der Waals surface area contributed by atoms with Gasteiger partial charge in [-0.25, -0.2) is 0 Å². The summed E-state index contributed by atoms with van der Waals surface area (Å²) in [6.07, 6.45) is 0.0847. The van der Waals surface area contributed by atoms with Crippen molar-refractivity contribution in [1.82, 2.24) is 5.32 Å². The van der Waals surface area contributed by atoms with Crippen molar-refractivity contribution in [2.75, 3.05) is 24.8 Å². The lowest BCUT2D eigenvalue weighted by Crippen LogP contribution is -2.31. The van der Waals surface area contributed by atoms with E-state index in [1.165, 1.54) is 6.07 Å². The van der Waals surface area contributed by atoms with E-state index >= 15 is 0 Å². The number of hydrogen-bond acceptors (Lipinski definition) is 7. The number of amides is 2. The van der Waals surface area contributed by atoms with Gasteiger partial charge in [-0.05, 0) is 48.9 Å². The fourth-order valence-electron chi connectivity index (χ4n) is 3.25. The standard InChI is InChI=1S/C23H23N3O5S/c1-3-31-20-10-14(4-9-19(20)27)17-11-21(28)26-23(18(17)12-24)32-13-22(29)25-15-5-7-16(30-2)8-6-15/h4-10,17,27H,3,11,13H2,1-2H3,(H,25,29)(H,26,28)/t17-/m1/s1. The van der Waals surface area contributed by atoms with Gasteiger partial charge in [-0.15, -0.1) is 0 Å². The summed E-state index contributed by atoms with van der Waals surface area (Å²) >= 11 is 1.09. The predicted octanol–water partition coefficient (Wildman–Crippen LogP) is 3.51. The average molecular weight is 454 g/mol. The number of anilines is 1. The van der Waals surface area contributed by atoms with Crippen LogP contribution < -0.4 is 20.1 Å². The third-order valence-electron chi connectivity index (χ3n) is 4.76. The number of carbonyl (C=O) groups excluding carboxylic acids is 2. The van der Waals surface area contributed by atoms with E-state index in [9.17, 15) is 20.0 Å². The summed E-state index contributed by atoms with van der Waals surface area (Å²) in [6.45, 7) is 2.17. The van der Waals surface area contributed by atoms with E-state index in [0.717, 1.165) is 11.8 Å². The highest BCUT2D eigenvalue weighted by molar-refractivity contribution is 8.03. The fraction of sp³-hybridized carbons (Fsp3) is 0.261. The van der Waals surface area contributed by atoms with E-state index in [2.05, 4.69) is 16.7 Å². The topological polar surface area (TPSA) is 121 Å². The van der Waals surface area contributed by atoms with Crippen LogP contribution in [0.25, 0.3) is 0 Å². The molecule has 2 aromatic rings. The van der Waals surface area contributed by atoms with Gasteiger partial charge < -0.3 is 25.2 Å². The van der Waals surface area contributed by atoms with E-state index in [1.807, 2.05) is 0 Å². The number of thioether (sulfide) groups is 1. The number of nitrogens with zero attached hydrogens (tertiary/aromatic N) is 1. The zero-order chi connectivity index (χ0) is 23.1. The number of phenols is 1. The van der Waals surface area contributed by atoms with Crippen molar-refractivity contribution in [2.45, 2.75) is 19.3 Å². The number of benzene rings is 2. The molecule has 0 bridgehead atoms. The molecular weight excluding hydrogens is 430 g/mol. The van der Waals surface area contributed by atoms with Crippen molar-refractivity contribution in [3.63, 3.8) is 0 Å². The average Bonchev–Trinajstić information content (AvgIpc) is 2.79. The number of methoxy groups -OCH3 is 1. The molecule has 0 fully saturated rings. The molecule has 0 radical (unpaired) electrons. The number of carbonyl (C=O) groups is 2. The number of rotatable bonds is 8. The molecule has 166 valence electrons. The molecular formula is C23H23N3O5S. The predicted molar refractivity (Wildman–Crippen MR) is 121 cm³/mol. The van der Waals surface area contributed by atoms with E-state index in [-0.39, 0.29) is 29.7 Å². The molecule has 1 heterocycles. The summed E-state index contributed by atoms with van der Waals surface area (Å²) in [5.74, 6) is -0.0500. The summed E-state index contributed by atoms with van der Waals surface area (Å²) in [5, 5.41) is 25.6. The number of allylic oxidation sites excluding steroid dienone is 1. The zero-order valence-corrected chi connectivity index (χ0v) is 18.5. The van der Waals surface area contributed by atoms with E-state index in [4.69, 9.17) is 9.47 Å². The van der Waals surface area contributed by atoms with Crippen LogP contribution in [0.2, 0.25) is 0 Å². The van der Waals surface area contributed by atoms with Crippen molar-refractivity contribution in [1.29, 1.82) is 5.26 Å². The number of nitrogens with one attached hydrogen (secondary N) is 2. The largest absolute Gasteiger partial charge is 0.504 e. The molecule has 2 aromatic carbocycles. The van der Waals surface area contributed by atoms with E-state index in [0.29, 0.717) is 40.0 Å². The van der Waals surface area contributed by atoms with Crippen molar-refractivity contribution < 1.29 is 24.2 Å². The molecule has 0 saturated heterocycles. The van der Waals surface area contributed by atoms with Gasteiger partial charge in [0.25, 0.3) is 0 Å². The molecule has 1 aliphatic heterocycles. The highest BCUT2D eigenvalue weighted by Gasteiger charge is 2.30. The lowest BCUT2D eigenvalue weighted by atomic mass is 9.87. The molecule has 3 rings (SSSR count). The molecule has 2 amide bonds. The SMILES string of the molecule is CCOc1cc([C@H]2CC(=O)NC(SCC(=O)Nc3ccc(OC)cc3)=C2C#N)ccc1O. The molecule has 0 unspecified atom stereocenters. The van der Waals surface area contributed by atoms with Crippen LogP contribution in [0.15, 0.2) is 53.1 Å². The van der Waals surface area contributed by atoms with Crippen LogP contribution in [-0.4, -0.2) is 36.4 Å². The lowest BCUT2D eigenvalue weighted by molar-refractivity contribution is -0.121. The molecule has 0 spiro atoms. The van der Waals surface area contributed by atoms with Crippen LogP contribution in [-0.2, 0) is 9.59 Å². The third kappa shape index (κ3) is 5.53. The number of ether oxygens (including phenoxy) is 2. The highest BCUT2D eigenvalue weighted by Crippen LogP contribution is 2.39. The second-order valence-electron chi connectivity index (χ2n) is 6.89. The molecule has 1 atom stereocenters. The molecule has 8 nitrogen and oxygen atoms in total. The van der Waals surface area contributed by atoms with Crippen LogP contribution >= 0.6 is 11.8 Å². The van der Waals surface area contributed by atoms with E-state index < -0.39 is 5.92 Å². The lowest BCUT2D eigenvalue weighted by Gasteiger charge is -2.25. The van der Waals surface area contributed by atoms with Crippen molar-refractivity contribution in [3.8, 4) is 23.3 Å². The Kier molecular flexibility index (Phi) is 7.63. The van der Waals surface area contributed by atoms with Crippen LogP contribution in [0.3, 0.4) is 0 Å². The second kappa shape index (κ2) is 10.6. The molecule has 32 heavy (non-hydrogen) atoms. The summed E-state index contributed by atoms with van der Waals surface area (Å²) in [6, 6.07) is 13.9. The quantitative estimate of drug-likeness (QED) is 0.559. The summed E-state index contributed by atoms with van der Waals surface area (Å²) in [7, 11) is 1.56. The molecule has 3 N–H and O–H groups in total. The summed E-state index contributed by atoms with van der Waals surface area (Å²) in [5.41, 5.74) is 1.66. The minimum atomic E-state index is -0.499. The Bertz CT molecular complexity index is 1080. The van der Waals surface area contributed by atoms with Gasteiger partial charge in [-0.3, -0.25) is 9.59 Å². The molecule has 0 aliphatic carbocycles. The zero-order valence-electron chi connectivity index (χ0n) is 17.7. The van der Waals surface area contributed by atoms with Crippen molar-refractivity contribution in [2.24, 2.45) is 0 Å². The van der Waals surface area contributed by atoms with Gasteiger partial charge in [0.2, 0.25) is 11.8 Å². The smallest absolute Gasteiger partial charge is 0.234 e. The second-order valence-corrected chi connectivity index (χ2v) is 7.87. The maximum absolute atomic E-state index is 12.4. The van der Waals surface area contributed by atoms with Crippen LogP contribution in [0.5, 0.6) is 17.2 Å². The van der Waals surface area contributed by atoms with Gasteiger partial charge in [0, 0.05) is 18.0 Å². The Morgan fingerprint density at radius 1 is 1.31 bits per heavy atom. The van der Waals surface area contributed by atoms with Gasteiger partial charge in [-0.1, -0.05) is 17.8 Å². The minimum absolute atomic E-state index is 0.0110. The number of hydrogen-bond donors (Lipinski definition) is 3. The normalized spacial score (nSPS) is 15.5. The molecule has 0 aromatic heterocycles. The molecule has 1 aliphatic rings. The molecule has 9 heteroatoms. The van der Waals surface area contributed by atoms with Crippen molar-refractivity contribution >= 4 is 29.3 Å². The Morgan fingerprint density at radius 2 is 2.06 bits per heavy atom. The Hall–Kier alpha value is -3.64. The monoisotopic (exact) mass is 453 g/mol. The Balaban J connectivity index is 1.76. The van der Waals surface area contributed by atoms with Crippen LogP contribution in [0.4, 0.5) is 5.69 Å². The van der Waals surface area contributed by atoms with Gasteiger partial charge in [-0.2, -0.15) is 5.26 Å². The molecule has 0 saturated carbocycles. The maximum Gasteiger partial charge on any atom is 0.234 e. The summed E-state index contributed by atoms with van der Waals surface area (Å²) in [4.78, 5) is 24.7. The Morgan fingerprint density at radius 3 is 2.72 bits per heavy atom. The minimum Gasteiger partial charge on any atom is -0.504 e. The van der Waals surface area contributed by atoms with Crippen LogP contribution in [0, 0.1) is 11.3 Å². The fourth-order valence-corrected chi connectivity index (χ4v) is 4.12. The van der Waals surface area contributed by atoms with Gasteiger partial charge in [0.05, 0.1) is 36.1 Å². The first-order valence-electron chi connectivity index (χ1n) is 9.91.